The molecule has 4 heterocycles. The summed E-state index contributed by atoms with van der Waals surface area (Å²) in [5, 5.41) is 5.64. The van der Waals surface area contributed by atoms with Gasteiger partial charge >= 0.3 is 0 Å². The van der Waals surface area contributed by atoms with Crippen molar-refractivity contribution >= 4 is 29.1 Å². The van der Waals surface area contributed by atoms with E-state index in [0.29, 0.717) is 36.7 Å². The van der Waals surface area contributed by atoms with Gasteiger partial charge in [-0.2, -0.15) is 0 Å². The summed E-state index contributed by atoms with van der Waals surface area (Å²) in [7, 11) is 0. The van der Waals surface area contributed by atoms with Crippen molar-refractivity contribution in [3.63, 3.8) is 0 Å². The fourth-order valence-electron chi connectivity index (χ4n) is 4.21. The van der Waals surface area contributed by atoms with E-state index in [4.69, 9.17) is 9.47 Å². The zero-order chi connectivity index (χ0) is 20.7. The summed E-state index contributed by atoms with van der Waals surface area (Å²) in [6, 6.07) is 9.28. The summed E-state index contributed by atoms with van der Waals surface area (Å²) in [5.41, 5.74) is 2.66. The Morgan fingerprint density at radius 3 is 2.93 bits per heavy atom. The average Bonchev–Trinajstić information content (AvgIpc) is 3.11. The second-order valence-electron chi connectivity index (χ2n) is 7.60. The highest BCUT2D eigenvalue weighted by Gasteiger charge is 2.35. The summed E-state index contributed by atoms with van der Waals surface area (Å²) in [4.78, 5) is 42.4. The number of hydrogen-bond donors (Lipinski definition) is 2. The Morgan fingerprint density at radius 2 is 2.07 bits per heavy atom. The van der Waals surface area contributed by atoms with Crippen molar-refractivity contribution in [3.05, 3.63) is 47.7 Å². The molecule has 30 heavy (non-hydrogen) atoms. The molecule has 3 amide bonds. The number of aromatic nitrogens is 1. The number of fused-ring (bicyclic) bond motifs is 2. The Hall–Kier alpha value is -3.46. The van der Waals surface area contributed by atoms with E-state index in [0.717, 1.165) is 11.3 Å². The molecule has 9 heteroatoms. The van der Waals surface area contributed by atoms with E-state index in [1.807, 2.05) is 24.3 Å². The van der Waals surface area contributed by atoms with E-state index in [2.05, 4.69) is 15.6 Å². The van der Waals surface area contributed by atoms with E-state index in [9.17, 15) is 14.4 Å². The number of hydrogen-bond acceptors (Lipinski definition) is 6. The Bertz CT molecular complexity index is 1040. The number of benzene rings is 1. The van der Waals surface area contributed by atoms with E-state index in [1.54, 1.807) is 11.0 Å². The zero-order valence-electron chi connectivity index (χ0n) is 16.1. The second kappa shape index (κ2) is 7.42. The van der Waals surface area contributed by atoms with Crippen LogP contribution < -0.4 is 20.3 Å². The summed E-state index contributed by atoms with van der Waals surface area (Å²) < 4.78 is 10.6. The number of anilines is 2. The SMILES string of the molecule is O=C1COc2ncc(C(=O)N3CC(CC4COCC(=O)N4)c4ccccc43)cc2N1. The molecule has 0 spiro atoms. The van der Waals surface area contributed by atoms with Crippen LogP contribution in [0.3, 0.4) is 0 Å². The standard InChI is InChI=1S/C21H20N4O5/c26-18-10-29-9-14(23-18)5-13-8-25(17-4-2-1-3-15(13)17)21(28)12-6-16-20(22-7-12)30-11-19(27)24-16/h1-4,6-7,13-14H,5,8-11H2,(H,23,26)(H,24,27). The van der Waals surface area contributed by atoms with Gasteiger partial charge in [-0.05, 0) is 24.1 Å². The minimum atomic E-state index is -0.280. The number of nitrogens with zero attached hydrogens (tertiary/aromatic N) is 2. The van der Waals surface area contributed by atoms with E-state index in [1.165, 1.54) is 6.20 Å². The van der Waals surface area contributed by atoms with Crippen molar-refractivity contribution in [2.75, 3.05) is 36.6 Å². The molecule has 0 radical (unpaired) electrons. The van der Waals surface area contributed by atoms with Crippen LogP contribution in [0.2, 0.25) is 0 Å². The molecule has 1 fully saturated rings. The molecule has 2 aromatic rings. The first kappa shape index (κ1) is 18.6. The molecule has 3 aliphatic heterocycles. The quantitative estimate of drug-likeness (QED) is 0.786. The van der Waals surface area contributed by atoms with Crippen LogP contribution in [0.5, 0.6) is 5.88 Å². The topological polar surface area (TPSA) is 110 Å². The first-order valence-corrected chi connectivity index (χ1v) is 9.79. The smallest absolute Gasteiger partial charge is 0.262 e. The molecule has 1 aromatic carbocycles. The van der Waals surface area contributed by atoms with Crippen LogP contribution in [-0.2, 0) is 14.3 Å². The highest BCUT2D eigenvalue weighted by Crippen LogP contribution is 2.40. The number of amides is 3. The lowest BCUT2D eigenvalue weighted by molar-refractivity contribution is -0.131. The lowest BCUT2D eigenvalue weighted by Gasteiger charge is -2.26. The van der Waals surface area contributed by atoms with Crippen LogP contribution >= 0.6 is 0 Å². The number of ether oxygens (including phenoxy) is 2. The molecule has 0 bridgehead atoms. The minimum Gasteiger partial charge on any atom is -0.466 e. The maximum absolute atomic E-state index is 13.3. The summed E-state index contributed by atoms with van der Waals surface area (Å²) in [6.45, 7) is 0.959. The van der Waals surface area contributed by atoms with Gasteiger partial charge in [0.2, 0.25) is 11.8 Å². The number of para-hydroxylation sites is 1. The molecule has 5 rings (SSSR count). The van der Waals surface area contributed by atoms with Gasteiger partial charge in [0.25, 0.3) is 11.8 Å². The lowest BCUT2D eigenvalue weighted by atomic mass is 9.94. The molecule has 1 aromatic heterocycles. The van der Waals surface area contributed by atoms with Crippen molar-refractivity contribution in [3.8, 4) is 5.88 Å². The van der Waals surface area contributed by atoms with E-state index >= 15 is 0 Å². The molecule has 2 N–H and O–H groups in total. The Kier molecular flexibility index (Phi) is 4.59. The molecule has 9 nitrogen and oxygen atoms in total. The first-order chi connectivity index (χ1) is 14.6. The van der Waals surface area contributed by atoms with Crippen molar-refractivity contribution in [1.29, 1.82) is 0 Å². The molecular weight excluding hydrogens is 388 g/mol. The Balaban J connectivity index is 1.39. The number of carbonyl (C=O) groups excluding carboxylic acids is 3. The number of pyridine rings is 1. The largest absolute Gasteiger partial charge is 0.466 e. The molecule has 1 saturated heterocycles. The summed E-state index contributed by atoms with van der Waals surface area (Å²) >= 11 is 0. The number of morpholine rings is 1. The first-order valence-electron chi connectivity index (χ1n) is 9.79. The van der Waals surface area contributed by atoms with Crippen LogP contribution in [0.15, 0.2) is 36.5 Å². The van der Waals surface area contributed by atoms with Gasteiger partial charge in [-0.1, -0.05) is 18.2 Å². The van der Waals surface area contributed by atoms with Crippen LogP contribution in [0, 0.1) is 0 Å². The summed E-state index contributed by atoms with van der Waals surface area (Å²) in [6.07, 6.45) is 2.14. The van der Waals surface area contributed by atoms with Gasteiger partial charge in [-0.15, -0.1) is 0 Å². The highest BCUT2D eigenvalue weighted by atomic mass is 16.5. The van der Waals surface area contributed by atoms with Gasteiger partial charge in [0.15, 0.2) is 6.61 Å². The molecule has 2 atom stereocenters. The van der Waals surface area contributed by atoms with Gasteiger partial charge in [0.05, 0.1) is 18.2 Å². The number of nitrogens with one attached hydrogen (secondary N) is 2. The monoisotopic (exact) mass is 408 g/mol. The van der Waals surface area contributed by atoms with Crippen LogP contribution in [0.25, 0.3) is 0 Å². The average molecular weight is 408 g/mol. The van der Waals surface area contributed by atoms with Crippen molar-refractivity contribution in [1.82, 2.24) is 10.3 Å². The third-order valence-electron chi connectivity index (χ3n) is 5.51. The van der Waals surface area contributed by atoms with Gasteiger partial charge in [0, 0.05) is 24.3 Å². The molecule has 2 unspecified atom stereocenters. The molecule has 3 aliphatic rings. The van der Waals surface area contributed by atoms with Gasteiger partial charge < -0.3 is 25.0 Å². The Labute approximate surface area is 172 Å². The fraction of sp³-hybridized carbons (Fsp3) is 0.333. The van der Waals surface area contributed by atoms with Crippen molar-refractivity contribution in [2.24, 2.45) is 0 Å². The Morgan fingerprint density at radius 1 is 1.20 bits per heavy atom. The van der Waals surface area contributed by atoms with E-state index in [-0.39, 0.29) is 42.9 Å². The zero-order valence-corrected chi connectivity index (χ0v) is 16.1. The van der Waals surface area contributed by atoms with Gasteiger partial charge in [0.1, 0.15) is 12.3 Å². The van der Waals surface area contributed by atoms with Crippen LogP contribution in [0.4, 0.5) is 11.4 Å². The van der Waals surface area contributed by atoms with Crippen molar-refractivity contribution < 1.29 is 23.9 Å². The van der Waals surface area contributed by atoms with E-state index < -0.39 is 0 Å². The van der Waals surface area contributed by atoms with Gasteiger partial charge in [-0.25, -0.2) is 4.98 Å². The van der Waals surface area contributed by atoms with Gasteiger partial charge in [-0.3, -0.25) is 14.4 Å². The fourth-order valence-corrected chi connectivity index (χ4v) is 4.21. The van der Waals surface area contributed by atoms with Crippen LogP contribution in [-0.4, -0.2) is 55.1 Å². The second-order valence-corrected chi connectivity index (χ2v) is 7.60. The van der Waals surface area contributed by atoms with Crippen LogP contribution in [0.1, 0.15) is 28.3 Å². The molecule has 154 valence electrons. The normalized spacial score (nSPS) is 22.5. The highest BCUT2D eigenvalue weighted by molar-refractivity contribution is 6.08. The maximum atomic E-state index is 13.3. The number of carbonyl (C=O) groups is 3. The predicted molar refractivity (Wildman–Crippen MR) is 107 cm³/mol. The number of rotatable bonds is 3. The van der Waals surface area contributed by atoms with Crippen molar-refractivity contribution in [2.45, 2.75) is 18.4 Å². The predicted octanol–water partition coefficient (Wildman–Crippen LogP) is 1.06. The third kappa shape index (κ3) is 3.37. The molecule has 0 aliphatic carbocycles. The maximum Gasteiger partial charge on any atom is 0.262 e. The third-order valence-corrected chi connectivity index (χ3v) is 5.51. The molecular formula is C21H20N4O5. The lowest BCUT2D eigenvalue weighted by Crippen LogP contribution is -2.46. The molecule has 0 saturated carbocycles. The minimum absolute atomic E-state index is 0.0748. The summed E-state index contributed by atoms with van der Waals surface area (Å²) in [5.74, 6) is -0.222.